The SMILES string of the molecule is CCCN(CC(=O)O)N(C)C. The molecule has 0 saturated carbocycles. The van der Waals surface area contributed by atoms with Crippen LogP contribution in [-0.2, 0) is 4.79 Å². The second-order valence-electron chi connectivity index (χ2n) is 2.63. The Bertz CT molecular complexity index is 126. The smallest absolute Gasteiger partial charge is 0.319 e. The third kappa shape index (κ3) is 4.75. The Morgan fingerprint density at radius 1 is 1.45 bits per heavy atom. The van der Waals surface area contributed by atoms with Gasteiger partial charge >= 0.3 is 5.97 Å². The predicted octanol–water partition coefficient (Wildman–Crippen LogP) is 0.260. The van der Waals surface area contributed by atoms with E-state index >= 15 is 0 Å². The van der Waals surface area contributed by atoms with E-state index in [1.165, 1.54) is 0 Å². The highest BCUT2D eigenvalue weighted by atomic mass is 16.4. The van der Waals surface area contributed by atoms with Crippen LogP contribution in [0.1, 0.15) is 13.3 Å². The van der Waals surface area contributed by atoms with Gasteiger partial charge in [0.25, 0.3) is 0 Å². The lowest BCUT2D eigenvalue weighted by Gasteiger charge is -2.26. The minimum absolute atomic E-state index is 0.0842. The summed E-state index contributed by atoms with van der Waals surface area (Å²) in [6, 6.07) is 0. The summed E-state index contributed by atoms with van der Waals surface area (Å²) < 4.78 is 0. The molecule has 11 heavy (non-hydrogen) atoms. The Kier molecular flexibility index (Phi) is 4.81. The van der Waals surface area contributed by atoms with Crippen LogP contribution in [0.4, 0.5) is 0 Å². The molecule has 0 rings (SSSR count). The highest BCUT2D eigenvalue weighted by molar-refractivity contribution is 5.68. The summed E-state index contributed by atoms with van der Waals surface area (Å²) >= 11 is 0. The van der Waals surface area contributed by atoms with E-state index in [1.54, 1.807) is 10.0 Å². The lowest BCUT2D eigenvalue weighted by Crippen LogP contribution is -2.40. The number of carboxylic acids is 1. The van der Waals surface area contributed by atoms with Crippen LogP contribution < -0.4 is 0 Å². The van der Waals surface area contributed by atoms with Crippen LogP contribution in [0.15, 0.2) is 0 Å². The molecule has 0 aliphatic rings. The van der Waals surface area contributed by atoms with Gasteiger partial charge in [0.05, 0.1) is 0 Å². The van der Waals surface area contributed by atoms with Gasteiger partial charge in [-0.1, -0.05) is 6.92 Å². The van der Waals surface area contributed by atoms with E-state index in [9.17, 15) is 4.79 Å². The molecule has 0 aromatic rings. The quantitative estimate of drug-likeness (QED) is 0.586. The molecule has 0 amide bonds. The van der Waals surface area contributed by atoms with E-state index in [0.29, 0.717) is 0 Å². The first kappa shape index (κ1) is 10.4. The van der Waals surface area contributed by atoms with Crippen LogP contribution in [0.25, 0.3) is 0 Å². The lowest BCUT2D eigenvalue weighted by molar-refractivity contribution is -0.142. The first-order chi connectivity index (χ1) is 5.07. The van der Waals surface area contributed by atoms with Gasteiger partial charge in [-0.25, -0.2) is 10.0 Å². The van der Waals surface area contributed by atoms with Crippen molar-refractivity contribution in [2.75, 3.05) is 27.2 Å². The minimum Gasteiger partial charge on any atom is -0.480 e. The molecule has 0 fully saturated rings. The van der Waals surface area contributed by atoms with Crippen molar-refractivity contribution in [2.24, 2.45) is 0 Å². The largest absolute Gasteiger partial charge is 0.480 e. The van der Waals surface area contributed by atoms with Crippen LogP contribution in [0.2, 0.25) is 0 Å². The molecule has 0 aromatic heterocycles. The van der Waals surface area contributed by atoms with E-state index in [2.05, 4.69) is 0 Å². The number of carboxylic acid groups (broad SMARTS) is 1. The molecule has 0 unspecified atom stereocenters. The first-order valence-corrected chi connectivity index (χ1v) is 3.72. The normalized spacial score (nSPS) is 11.0. The number of rotatable bonds is 5. The zero-order valence-corrected chi connectivity index (χ0v) is 7.37. The zero-order valence-electron chi connectivity index (χ0n) is 7.37. The van der Waals surface area contributed by atoms with Crippen LogP contribution in [0, 0.1) is 0 Å². The van der Waals surface area contributed by atoms with Crippen molar-refractivity contribution in [3.05, 3.63) is 0 Å². The molecule has 1 N–H and O–H groups in total. The summed E-state index contributed by atoms with van der Waals surface area (Å²) in [6.07, 6.45) is 0.964. The number of hydrogen-bond donors (Lipinski definition) is 1. The summed E-state index contributed by atoms with van der Waals surface area (Å²) in [5.41, 5.74) is 0. The molecule has 0 heterocycles. The summed E-state index contributed by atoms with van der Waals surface area (Å²) in [5, 5.41) is 12.1. The Morgan fingerprint density at radius 3 is 2.27 bits per heavy atom. The van der Waals surface area contributed by atoms with Gasteiger partial charge in [0.2, 0.25) is 0 Å². The number of nitrogens with zero attached hydrogens (tertiary/aromatic N) is 2. The Balaban J connectivity index is 3.79. The van der Waals surface area contributed by atoms with E-state index in [1.807, 2.05) is 21.0 Å². The average Bonchev–Trinajstić information content (AvgIpc) is 1.86. The van der Waals surface area contributed by atoms with Gasteiger partial charge in [0.1, 0.15) is 6.54 Å². The van der Waals surface area contributed by atoms with Crippen molar-refractivity contribution in [2.45, 2.75) is 13.3 Å². The van der Waals surface area contributed by atoms with Crippen LogP contribution >= 0.6 is 0 Å². The molecule has 0 aliphatic carbocycles. The van der Waals surface area contributed by atoms with E-state index in [4.69, 9.17) is 5.11 Å². The number of aliphatic carboxylic acids is 1. The summed E-state index contributed by atoms with van der Waals surface area (Å²) in [7, 11) is 3.69. The standard InChI is InChI=1S/C7H16N2O2/c1-4-5-9(8(2)3)6-7(10)11/h4-6H2,1-3H3,(H,10,11). The Labute approximate surface area is 67.4 Å². The Hall–Kier alpha value is -0.610. The summed E-state index contributed by atoms with van der Waals surface area (Å²) in [6.45, 7) is 2.90. The number of hydrazine groups is 1. The molecule has 4 nitrogen and oxygen atoms in total. The lowest BCUT2D eigenvalue weighted by atomic mass is 10.4. The zero-order chi connectivity index (χ0) is 8.85. The van der Waals surface area contributed by atoms with Gasteiger partial charge in [0.15, 0.2) is 0 Å². The molecular weight excluding hydrogens is 144 g/mol. The molecular formula is C7H16N2O2. The van der Waals surface area contributed by atoms with E-state index < -0.39 is 5.97 Å². The van der Waals surface area contributed by atoms with Crippen LogP contribution in [0.3, 0.4) is 0 Å². The molecule has 0 atom stereocenters. The van der Waals surface area contributed by atoms with Gasteiger partial charge in [0, 0.05) is 20.6 Å². The molecule has 0 aliphatic heterocycles. The van der Waals surface area contributed by atoms with Crippen molar-refractivity contribution in [1.29, 1.82) is 0 Å². The van der Waals surface area contributed by atoms with E-state index in [-0.39, 0.29) is 6.54 Å². The van der Waals surface area contributed by atoms with Gasteiger partial charge in [-0.3, -0.25) is 4.79 Å². The molecule has 0 spiro atoms. The monoisotopic (exact) mass is 160 g/mol. The summed E-state index contributed by atoms with van der Waals surface area (Å²) in [5.74, 6) is -0.785. The molecule has 0 aromatic carbocycles. The first-order valence-electron chi connectivity index (χ1n) is 3.72. The number of hydrogen-bond acceptors (Lipinski definition) is 3. The van der Waals surface area contributed by atoms with Crippen molar-refractivity contribution >= 4 is 5.97 Å². The highest BCUT2D eigenvalue weighted by Gasteiger charge is 2.09. The fraction of sp³-hybridized carbons (Fsp3) is 0.857. The van der Waals surface area contributed by atoms with Crippen molar-refractivity contribution in [3.63, 3.8) is 0 Å². The predicted molar refractivity (Wildman–Crippen MR) is 43.2 cm³/mol. The van der Waals surface area contributed by atoms with Crippen molar-refractivity contribution in [1.82, 2.24) is 10.0 Å². The molecule has 66 valence electrons. The average molecular weight is 160 g/mol. The van der Waals surface area contributed by atoms with E-state index in [0.717, 1.165) is 13.0 Å². The van der Waals surface area contributed by atoms with Gasteiger partial charge in [-0.2, -0.15) is 0 Å². The van der Waals surface area contributed by atoms with Gasteiger partial charge < -0.3 is 5.11 Å². The summed E-state index contributed by atoms with van der Waals surface area (Å²) in [4.78, 5) is 10.3. The topological polar surface area (TPSA) is 43.8 Å². The molecule has 0 radical (unpaired) electrons. The fourth-order valence-electron chi connectivity index (χ4n) is 0.835. The van der Waals surface area contributed by atoms with Crippen molar-refractivity contribution < 1.29 is 9.90 Å². The van der Waals surface area contributed by atoms with Gasteiger partial charge in [-0.05, 0) is 6.42 Å². The fourth-order valence-corrected chi connectivity index (χ4v) is 0.835. The molecule has 4 heteroatoms. The number of carbonyl (C=O) groups is 1. The second kappa shape index (κ2) is 5.09. The second-order valence-corrected chi connectivity index (χ2v) is 2.63. The van der Waals surface area contributed by atoms with Crippen LogP contribution in [0.5, 0.6) is 0 Å². The minimum atomic E-state index is -0.785. The maximum Gasteiger partial charge on any atom is 0.319 e. The third-order valence-electron chi connectivity index (χ3n) is 1.37. The molecule has 0 saturated heterocycles. The highest BCUT2D eigenvalue weighted by Crippen LogP contribution is 1.92. The molecule has 0 bridgehead atoms. The maximum atomic E-state index is 10.3. The maximum absolute atomic E-state index is 10.3. The van der Waals surface area contributed by atoms with Gasteiger partial charge in [-0.15, -0.1) is 0 Å². The van der Waals surface area contributed by atoms with Crippen LogP contribution in [-0.4, -0.2) is 48.3 Å². The van der Waals surface area contributed by atoms with Crippen molar-refractivity contribution in [3.8, 4) is 0 Å². The third-order valence-corrected chi connectivity index (χ3v) is 1.37. The Morgan fingerprint density at radius 2 is 2.00 bits per heavy atom.